The second-order valence-corrected chi connectivity index (χ2v) is 9.73. The van der Waals surface area contributed by atoms with Crippen molar-refractivity contribution in [1.82, 2.24) is 10.6 Å². The Morgan fingerprint density at radius 1 is 1.00 bits per heavy atom. The molecule has 40 heavy (non-hydrogen) atoms. The summed E-state index contributed by atoms with van der Waals surface area (Å²) in [6.45, 7) is 2.44. The Labute approximate surface area is 227 Å². The summed E-state index contributed by atoms with van der Waals surface area (Å²) >= 11 is 0. The monoisotopic (exact) mass is 553 g/mol. The summed E-state index contributed by atoms with van der Waals surface area (Å²) in [5.74, 6) is -1.99. The van der Waals surface area contributed by atoms with E-state index in [9.17, 15) is 27.2 Å². The average Bonchev–Trinajstić information content (AvgIpc) is 3.70. The van der Waals surface area contributed by atoms with Crippen LogP contribution in [0.4, 0.5) is 23.2 Å². The fourth-order valence-corrected chi connectivity index (χ4v) is 4.82. The first-order valence-electron chi connectivity index (χ1n) is 12.9. The van der Waals surface area contributed by atoms with Crippen molar-refractivity contribution in [3.63, 3.8) is 0 Å². The SMILES string of the molecule is CCNc1cc2oc(-c3ccc(F)cc3)c(C(=O)NC)c2cc1-c1cccc(C(=O)NC(C2CC2)C(F)(F)F)c1. The molecular formula is C30H27F4N3O3. The van der Waals surface area contributed by atoms with Crippen LogP contribution in [0.2, 0.25) is 0 Å². The molecule has 1 fully saturated rings. The smallest absolute Gasteiger partial charge is 0.408 e. The van der Waals surface area contributed by atoms with Crippen molar-refractivity contribution in [1.29, 1.82) is 0 Å². The number of nitrogens with one attached hydrogen (secondary N) is 3. The molecule has 4 aromatic rings. The molecule has 2 amide bonds. The first-order chi connectivity index (χ1) is 19.1. The van der Waals surface area contributed by atoms with Gasteiger partial charge in [-0.05, 0) is 73.7 Å². The Morgan fingerprint density at radius 3 is 2.35 bits per heavy atom. The third-order valence-electron chi connectivity index (χ3n) is 6.92. The summed E-state index contributed by atoms with van der Waals surface area (Å²) < 4.78 is 60.2. The van der Waals surface area contributed by atoms with Crippen LogP contribution in [0.25, 0.3) is 33.4 Å². The average molecular weight is 554 g/mol. The van der Waals surface area contributed by atoms with E-state index in [0.717, 1.165) is 0 Å². The van der Waals surface area contributed by atoms with Gasteiger partial charge in [0.2, 0.25) is 0 Å². The first-order valence-corrected chi connectivity index (χ1v) is 12.9. The number of rotatable bonds is 8. The number of alkyl halides is 3. The number of amides is 2. The van der Waals surface area contributed by atoms with Gasteiger partial charge < -0.3 is 20.4 Å². The maximum atomic E-state index is 13.6. The number of hydrogen-bond acceptors (Lipinski definition) is 4. The minimum absolute atomic E-state index is 0.0839. The van der Waals surface area contributed by atoms with Crippen molar-refractivity contribution >= 4 is 28.5 Å². The number of benzene rings is 3. The summed E-state index contributed by atoms with van der Waals surface area (Å²) in [6, 6.07) is 13.5. The Morgan fingerprint density at radius 2 is 1.73 bits per heavy atom. The minimum atomic E-state index is -4.53. The van der Waals surface area contributed by atoms with Gasteiger partial charge in [-0.3, -0.25) is 9.59 Å². The van der Waals surface area contributed by atoms with Gasteiger partial charge >= 0.3 is 6.18 Å². The van der Waals surface area contributed by atoms with Crippen LogP contribution in [0.15, 0.2) is 65.1 Å². The van der Waals surface area contributed by atoms with Gasteiger partial charge in [-0.25, -0.2) is 4.39 Å². The molecule has 1 atom stereocenters. The van der Waals surface area contributed by atoms with Crippen LogP contribution in [-0.2, 0) is 0 Å². The van der Waals surface area contributed by atoms with E-state index in [4.69, 9.17) is 4.42 Å². The Hall–Kier alpha value is -4.34. The van der Waals surface area contributed by atoms with E-state index >= 15 is 0 Å². The van der Waals surface area contributed by atoms with Gasteiger partial charge in [-0.1, -0.05) is 12.1 Å². The first kappa shape index (κ1) is 27.2. The van der Waals surface area contributed by atoms with Crippen LogP contribution in [-0.4, -0.2) is 37.6 Å². The van der Waals surface area contributed by atoms with Gasteiger partial charge in [0.25, 0.3) is 11.8 Å². The van der Waals surface area contributed by atoms with Crippen molar-refractivity contribution in [2.45, 2.75) is 32.0 Å². The lowest BCUT2D eigenvalue weighted by molar-refractivity contribution is -0.158. The van der Waals surface area contributed by atoms with Crippen molar-refractivity contribution < 1.29 is 31.6 Å². The molecule has 1 unspecified atom stereocenters. The summed E-state index contributed by atoms with van der Waals surface area (Å²) in [5, 5.41) is 8.51. The topological polar surface area (TPSA) is 83.4 Å². The molecule has 1 saturated carbocycles. The maximum Gasteiger partial charge on any atom is 0.408 e. The van der Waals surface area contributed by atoms with Crippen molar-refractivity contribution in [2.24, 2.45) is 5.92 Å². The lowest BCUT2D eigenvalue weighted by Crippen LogP contribution is -2.46. The summed E-state index contributed by atoms with van der Waals surface area (Å²) in [5.41, 5.74) is 3.07. The minimum Gasteiger partial charge on any atom is -0.455 e. The maximum absolute atomic E-state index is 13.6. The van der Waals surface area contributed by atoms with Crippen molar-refractivity contribution in [3.8, 4) is 22.5 Å². The Kier molecular flexibility index (Phi) is 7.27. The molecule has 5 rings (SSSR count). The van der Waals surface area contributed by atoms with Crippen molar-refractivity contribution in [2.75, 3.05) is 18.9 Å². The van der Waals surface area contributed by atoms with E-state index in [1.807, 2.05) is 6.92 Å². The van der Waals surface area contributed by atoms with Crippen LogP contribution in [0.3, 0.4) is 0 Å². The second-order valence-electron chi connectivity index (χ2n) is 9.73. The third-order valence-corrected chi connectivity index (χ3v) is 6.92. The number of hydrogen-bond donors (Lipinski definition) is 3. The van der Waals surface area contributed by atoms with E-state index in [2.05, 4.69) is 16.0 Å². The molecule has 0 saturated heterocycles. The zero-order valence-electron chi connectivity index (χ0n) is 21.8. The van der Waals surface area contributed by atoms with Gasteiger partial charge in [0.15, 0.2) is 0 Å². The fraction of sp³-hybridized carbons (Fsp3) is 0.267. The van der Waals surface area contributed by atoms with Gasteiger partial charge in [0.1, 0.15) is 23.2 Å². The van der Waals surface area contributed by atoms with Crippen LogP contribution in [0, 0.1) is 11.7 Å². The number of halogens is 4. The van der Waals surface area contributed by atoms with Crippen LogP contribution in [0.5, 0.6) is 0 Å². The lowest BCUT2D eigenvalue weighted by atomic mass is 9.97. The highest BCUT2D eigenvalue weighted by Gasteiger charge is 2.49. The normalized spacial score (nSPS) is 14.2. The Balaban J connectivity index is 1.60. The highest BCUT2D eigenvalue weighted by molar-refractivity contribution is 6.13. The number of furan rings is 1. The molecule has 6 nitrogen and oxygen atoms in total. The molecular weight excluding hydrogens is 526 g/mol. The predicted molar refractivity (Wildman–Crippen MR) is 145 cm³/mol. The van der Waals surface area contributed by atoms with Gasteiger partial charge in [0.05, 0.1) is 5.56 Å². The van der Waals surface area contributed by atoms with Crippen molar-refractivity contribution in [3.05, 3.63) is 77.6 Å². The molecule has 3 N–H and O–H groups in total. The third kappa shape index (κ3) is 5.38. The zero-order valence-corrected chi connectivity index (χ0v) is 21.8. The lowest BCUT2D eigenvalue weighted by Gasteiger charge is -2.21. The quantitative estimate of drug-likeness (QED) is 0.210. The van der Waals surface area contributed by atoms with Crippen LogP contribution >= 0.6 is 0 Å². The molecule has 1 heterocycles. The molecule has 1 aliphatic carbocycles. The van der Waals surface area contributed by atoms with E-state index in [1.165, 1.54) is 43.4 Å². The molecule has 0 bridgehead atoms. The molecule has 0 aliphatic heterocycles. The highest BCUT2D eigenvalue weighted by Crippen LogP contribution is 2.41. The number of anilines is 1. The summed E-state index contributed by atoms with van der Waals surface area (Å²) in [4.78, 5) is 25.9. The molecule has 208 valence electrons. The molecule has 0 spiro atoms. The summed E-state index contributed by atoms with van der Waals surface area (Å²) in [6.07, 6.45) is -3.68. The molecule has 1 aromatic heterocycles. The molecule has 1 aliphatic rings. The van der Waals surface area contributed by atoms with Crippen LogP contribution < -0.4 is 16.0 Å². The summed E-state index contributed by atoms with van der Waals surface area (Å²) in [7, 11) is 1.49. The molecule has 10 heteroatoms. The number of carbonyl (C=O) groups is 2. The van der Waals surface area contributed by atoms with Gasteiger partial charge in [-0.15, -0.1) is 0 Å². The van der Waals surface area contributed by atoms with E-state index in [-0.39, 0.29) is 16.9 Å². The Bertz CT molecular complexity index is 1570. The van der Waals surface area contributed by atoms with Gasteiger partial charge in [-0.2, -0.15) is 13.2 Å². The van der Waals surface area contributed by atoms with Gasteiger partial charge in [0, 0.05) is 47.4 Å². The number of fused-ring (bicyclic) bond motifs is 1. The largest absolute Gasteiger partial charge is 0.455 e. The number of carbonyl (C=O) groups excluding carboxylic acids is 2. The molecule has 0 radical (unpaired) electrons. The molecule has 3 aromatic carbocycles. The van der Waals surface area contributed by atoms with E-state index < -0.39 is 35.8 Å². The second kappa shape index (κ2) is 10.7. The predicted octanol–water partition coefficient (Wildman–Crippen LogP) is 6.77. The van der Waals surface area contributed by atoms with E-state index in [1.54, 1.807) is 24.3 Å². The van der Waals surface area contributed by atoms with E-state index in [0.29, 0.717) is 52.7 Å². The standard InChI is InChI=1S/C30H27F4N3O3/c1-3-36-23-15-24-22(25(29(39)35-2)26(40-24)16-9-11-20(31)12-10-16)14-21(23)18-5-4-6-19(13-18)28(38)37-27(17-7-8-17)30(32,33)34/h4-6,9-15,17,27,36H,3,7-8H2,1-2H3,(H,35,39)(H,37,38). The highest BCUT2D eigenvalue weighted by atomic mass is 19.4. The fourth-order valence-electron chi connectivity index (χ4n) is 4.82. The zero-order chi connectivity index (χ0) is 28.6. The van der Waals surface area contributed by atoms with Crippen LogP contribution in [0.1, 0.15) is 40.5 Å².